The number of benzene rings is 1. The van der Waals surface area contributed by atoms with Crippen molar-refractivity contribution < 1.29 is 23.1 Å². The minimum atomic E-state index is -5.08. The standard InChI is InChI=1S/C8H7N.C2HF3O2/c1-7-3-2-4-8(5-7)6-9;3-2(4,5)1(6)7/h2-5H,1H3;(H,6,7). The second kappa shape index (κ2) is 5.75. The Morgan fingerprint density at radius 1 is 1.44 bits per heavy atom. The van der Waals surface area contributed by atoms with Crippen molar-refractivity contribution in [3.05, 3.63) is 35.4 Å². The van der Waals surface area contributed by atoms with Crippen LogP contribution in [0.5, 0.6) is 0 Å². The number of alkyl halides is 3. The molecule has 0 saturated carbocycles. The smallest absolute Gasteiger partial charge is 0.475 e. The maximum atomic E-state index is 10.6. The molecule has 1 aromatic carbocycles. The summed E-state index contributed by atoms with van der Waals surface area (Å²) in [6.45, 7) is 1.97. The molecule has 3 nitrogen and oxygen atoms in total. The molecule has 0 bridgehead atoms. The van der Waals surface area contributed by atoms with E-state index < -0.39 is 12.1 Å². The van der Waals surface area contributed by atoms with Gasteiger partial charge in [0, 0.05) is 0 Å². The van der Waals surface area contributed by atoms with Crippen molar-refractivity contribution in [2.75, 3.05) is 0 Å². The van der Waals surface area contributed by atoms with Gasteiger partial charge in [0.05, 0.1) is 11.6 Å². The summed E-state index contributed by atoms with van der Waals surface area (Å²) < 4.78 is 31.7. The molecule has 0 aliphatic rings. The van der Waals surface area contributed by atoms with Gasteiger partial charge in [-0.3, -0.25) is 0 Å². The minimum absolute atomic E-state index is 0.731. The fourth-order valence-electron chi connectivity index (χ4n) is 0.715. The van der Waals surface area contributed by atoms with Crippen LogP contribution in [-0.4, -0.2) is 17.3 Å². The van der Waals surface area contributed by atoms with Gasteiger partial charge in [0.1, 0.15) is 0 Å². The first kappa shape index (κ1) is 14.0. The number of hydrogen-bond acceptors (Lipinski definition) is 2. The second-order valence-corrected chi connectivity index (χ2v) is 2.78. The number of nitriles is 1. The number of rotatable bonds is 0. The molecule has 1 rings (SSSR count). The number of carboxylic acid groups (broad SMARTS) is 1. The van der Waals surface area contributed by atoms with Crippen LogP contribution in [0.25, 0.3) is 0 Å². The summed E-state index contributed by atoms with van der Waals surface area (Å²) in [6.07, 6.45) is -5.08. The molecule has 0 atom stereocenters. The fraction of sp³-hybridized carbons (Fsp3) is 0.200. The van der Waals surface area contributed by atoms with Gasteiger partial charge < -0.3 is 5.11 Å². The third kappa shape index (κ3) is 5.65. The van der Waals surface area contributed by atoms with Gasteiger partial charge in [-0.25, -0.2) is 4.79 Å². The van der Waals surface area contributed by atoms with Crippen molar-refractivity contribution >= 4 is 5.97 Å². The minimum Gasteiger partial charge on any atom is -0.475 e. The number of hydrogen-bond donors (Lipinski definition) is 1. The van der Waals surface area contributed by atoms with E-state index in [2.05, 4.69) is 6.07 Å². The van der Waals surface area contributed by atoms with Gasteiger partial charge in [0.15, 0.2) is 0 Å². The lowest BCUT2D eigenvalue weighted by molar-refractivity contribution is -0.192. The summed E-state index contributed by atoms with van der Waals surface area (Å²) >= 11 is 0. The molecule has 1 aromatic rings. The lowest BCUT2D eigenvalue weighted by atomic mass is 10.2. The van der Waals surface area contributed by atoms with Gasteiger partial charge in [-0.2, -0.15) is 18.4 Å². The number of carbonyl (C=O) groups is 1. The first-order chi connectivity index (χ1) is 7.27. The molecular formula is C10H8F3NO2. The topological polar surface area (TPSA) is 61.1 Å². The first-order valence-electron chi connectivity index (χ1n) is 4.04. The van der Waals surface area contributed by atoms with Crippen LogP contribution in [0.15, 0.2) is 24.3 Å². The molecule has 0 aromatic heterocycles. The maximum absolute atomic E-state index is 10.6. The molecule has 16 heavy (non-hydrogen) atoms. The number of halogens is 3. The Labute approximate surface area is 89.7 Å². The predicted molar refractivity (Wildman–Crippen MR) is 49.6 cm³/mol. The van der Waals surface area contributed by atoms with Gasteiger partial charge in [-0.15, -0.1) is 0 Å². The van der Waals surface area contributed by atoms with E-state index in [1.165, 1.54) is 0 Å². The van der Waals surface area contributed by atoms with Crippen LogP contribution < -0.4 is 0 Å². The van der Waals surface area contributed by atoms with E-state index in [9.17, 15) is 13.2 Å². The summed E-state index contributed by atoms with van der Waals surface area (Å²) in [5.41, 5.74) is 1.86. The number of nitrogens with zero attached hydrogens (tertiary/aromatic N) is 1. The van der Waals surface area contributed by atoms with Crippen molar-refractivity contribution in [3.63, 3.8) is 0 Å². The average Bonchev–Trinajstić information content (AvgIpc) is 2.17. The average molecular weight is 231 g/mol. The number of aryl methyl sites for hydroxylation is 1. The zero-order chi connectivity index (χ0) is 12.8. The summed E-state index contributed by atoms with van der Waals surface area (Å²) in [6, 6.07) is 9.58. The van der Waals surface area contributed by atoms with E-state index in [0.29, 0.717) is 0 Å². The highest BCUT2D eigenvalue weighted by Gasteiger charge is 2.38. The molecule has 0 unspecified atom stereocenters. The lowest BCUT2D eigenvalue weighted by Gasteiger charge is -1.93. The Bertz CT molecular complexity index is 407. The number of aliphatic carboxylic acids is 1. The molecule has 0 radical (unpaired) electrons. The van der Waals surface area contributed by atoms with E-state index in [0.717, 1.165) is 11.1 Å². The van der Waals surface area contributed by atoms with Gasteiger partial charge in [0.2, 0.25) is 0 Å². The molecule has 86 valence electrons. The van der Waals surface area contributed by atoms with Crippen molar-refractivity contribution in [1.82, 2.24) is 0 Å². The largest absolute Gasteiger partial charge is 0.490 e. The first-order valence-corrected chi connectivity index (χ1v) is 4.04. The van der Waals surface area contributed by atoms with Gasteiger partial charge in [0.25, 0.3) is 0 Å². The fourth-order valence-corrected chi connectivity index (χ4v) is 0.715. The van der Waals surface area contributed by atoms with Crippen molar-refractivity contribution in [2.45, 2.75) is 13.1 Å². The van der Waals surface area contributed by atoms with Crippen LogP contribution in [0, 0.1) is 18.3 Å². The third-order valence-electron chi connectivity index (χ3n) is 1.39. The quantitative estimate of drug-likeness (QED) is 0.746. The van der Waals surface area contributed by atoms with E-state index in [1.807, 2.05) is 25.1 Å². The van der Waals surface area contributed by atoms with Crippen molar-refractivity contribution in [1.29, 1.82) is 5.26 Å². The van der Waals surface area contributed by atoms with Crippen molar-refractivity contribution in [3.8, 4) is 6.07 Å². The van der Waals surface area contributed by atoms with Gasteiger partial charge in [-0.05, 0) is 24.6 Å². The Kier molecular flexibility index (Phi) is 5.02. The molecule has 0 aliphatic heterocycles. The summed E-state index contributed by atoms with van der Waals surface area (Å²) in [7, 11) is 0. The summed E-state index contributed by atoms with van der Waals surface area (Å²) in [5, 5.41) is 15.5. The van der Waals surface area contributed by atoms with Gasteiger partial charge in [-0.1, -0.05) is 12.1 Å². The number of carboxylic acids is 1. The van der Waals surface area contributed by atoms with Gasteiger partial charge >= 0.3 is 12.1 Å². The third-order valence-corrected chi connectivity index (χ3v) is 1.39. The van der Waals surface area contributed by atoms with Crippen LogP contribution in [0.4, 0.5) is 13.2 Å². The van der Waals surface area contributed by atoms with E-state index in [-0.39, 0.29) is 0 Å². The van der Waals surface area contributed by atoms with E-state index in [4.69, 9.17) is 15.2 Å². The monoisotopic (exact) mass is 231 g/mol. The molecule has 1 N–H and O–H groups in total. The van der Waals surface area contributed by atoms with Crippen LogP contribution in [-0.2, 0) is 4.79 Å². The normalized spacial score (nSPS) is 9.69. The Hall–Kier alpha value is -2.03. The molecule has 0 fully saturated rings. The molecule has 6 heteroatoms. The molecule has 0 heterocycles. The van der Waals surface area contributed by atoms with Crippen LogP contribution >= 0.6 is 0 Å². The Morgan fingerprint density at radius 2 is 1.94 bits per heavy atom. The van der Waals surface area contributed by atoms with Crippen LogP contribution in [0.3, 0.4) is 0 Å². The highest BCUT2D eigenvalue weighted by molar-refractivity contribution is 5.73. The molecule has 0 amide bonds. The predicted octanol–water partition coefficient (Wildman–Crippen LogP) is 2.50. The zero-order valence-corrected chi connectivity index (χ0v) is 8.25. The summed E-state index contributed by atoms with van der Waals surface area (Å²) in [5.74, 6) is -2.76. The van der Waals surface area contributed by atoms with E-state index >= 15 is 0 Å². The lowest BCUT2D eigenvalue weighted by Crippen LogP contribution is -2.21. The van der Waals surface area contributed by atoms with E-state index in [1.54, 1.807) is 6.07 Å². The van der Waals surface area contributed by atoms with Crippen LogP contribution in [0.2, 0.25) is 0 Å². The maximum Gasteiger partial charge on any atom is 0.490 e. The molecule has 0 aliphatic carbocycles. The molecule has 0 spiro atoms. The van der Waals surface area contributed by atoms with Crippen LogP contribution in [0.1, 0.15) is 11.1 Å². The molecular weight excluding hydrogens is 223 g/mol. The SMILES string of the molecule is Cc1cccc(C#N)c1.O=C(O)C(F)(F)F. The second-order valence-electron chi connectivity index (χ2n) is 2.78. The molecule has 0 saturated heterocycles. The Balaban J connectivity index is 0.000000293. The summed E-state index contributed by atoms with van der Waals surface area (Å²) in [4.78, 5) is 8.90. The highest BCUT2D eigenvalue weighted by atomic mass is 19.4. The Morgan fingerprint density at radius 3 is 2.19 bits per heavy atom. The van der Waals surface area contributed by atoms with Crippen molar-refractivity contribution in [2.24, 2.45) is 0 Å². The highest BCUT2D eigenvalue weighted by Crippen LogP contribution is 2.13. The zero-order valence-electron chi connectivity index (χ0n) is 8.25.